The van der Waals surface area contributed by atoms with Crippen LogP contribution in [-0.2, 0) is 4.74 Å². The molecular formula is C28H32FN5O3. The zero-order valence-electron chi connectivity index (χ0n) is 21.4. The van der Waals surface area contributed by atoms with Crippen LogP contribution in [0.2, 0.25) is 0 Å². The second-order valence-corrected chi connectivity index (χ2v) is 10.7. The molecule has 0 spiro atoms. The number of piperazine rings is 1. The van der Waals surface area contributed by atoms with Gasteiger partial charge in [0.05, 0.1) is 11.4 Å². The fraction of sp³-hybridized carbons (Fsp3) is 0.393. The van der Waals surface area contributed by atoms with Gasteiger partial charge in [0, 0.05) is 43.4 Å². The number of nitrogens with zero attached hydrogens (tertiary/aromatic N) is 3. The molecule has 2 amide bonds. The van der Waals surface area contributed by atoms with Crippen molar-refractivity contribution in [3.8, 4) is 0 Å². The molecule has 3 aromatic rings. The average Bonchev–Trinajstić information content (AvgIpc) is 3.69. The molecule has 2 fully saturated rings. The van der Waals surface area contributed by atoms with Gasteiger partial charge in [-0.1, -0.05) is 6.07 Å². The monoisotopic (exact) mass is 505 g/mol. The summed E-state index contributed by atoms with van der Waals surface area (Å²) >= 11 is 0. The van der Waals surface area contributed by atoms with Gasteiger partial charge < -0.3 is 25.6 Å². The maximum Gasteiger partial charge on any atom is 0.410 e. The molecule has 2 aromatic carbocycles. The number of hydrogen-bond acceptors (Lipinski definition) is 6. The van der Waals surface area contributed by atoms with Gasteiger partial charge in [-0.2, -0.15) is 0 Å². The number of aromatic nitrogens is 1. The number of amides is 2. The summed E-state index contributed by atoms with van der Waals surface area (Å²) in [6, 6.07) is 9.75. The normalized spacial score (nSPS) is 16.1. The Kier molecular flexibility index (Phi) is 6.39. The standard InChI is InChI=1S/C28H32FN5O3/c1-28(2,3)37-27(36)34-12-10-33(11-13-34)24-9-6-18-14-23(31-16-20(18)25(24)17-4-5-17)26(35)32-22-8-7-19(29)15-21(22)30/h6-9,14-17H,4-5,10-13,30H2,1-3H3,(H,32,35). The number of pyridine rings is 1. The first-order chi connectivity index (χ1) is 17.6. The molecule has 0 radical (unpaired) electrons. The summed E-state index contributed by atoms with van der Waals surface area (Å²) < 4.78 is 18.9. The van der Waals surface area contributed by atoms with Crippen LogP contribution < -0.4 is 16.0 Å². The van der Waals surface area contributed by atoms with Crippen molar-refractivity contribution < 1.29 is 18.7 Å². The molecule has 1 aliphatic carbocycles. The summed E-state index contributed by atoms with van der Waals surface area (Å²) in [5.74, 6) is -0.410. The van der Waals surface area contributed by atoms with Crippen molar-refractivity contribution in [2.45, 2.75) is 45.1 Å². The van der Waals surface area contributed by atoms with Crippen molar-refractivity contribution in [2.24, 2.45) is 0 Å². The molecule has 9 heteroatoms. The second-order valence-electron chi connectivity index (χ2n) is 10.7. The fourth-order valence-corrected chi connectivity index (χ4v) is 4.72. The van der Waals surface area contributed by atoms with Gasteiger partial charge in [-0.25, -0.2) is 9.18 Å². The highest BCUT2D eigenvalue weighted by Crippen LogP contribution is 2.47. The van der Waals surface area contributed by atoms with Gasteiger partial charge in [-0.15, -0.1) is 0 Å². The Morgan fingerprint density at radius 3 is 2.46 bits per heavy atom. The van der Waals surface area contributed by atoms with Crippen LogP contribution in [0.1, 0.15) is 55.6 Å². The first-order valence-corrected chi connectivity index (χ1v) is 12.6. The minimum Gasteiger partial charge on any atom is -0.444 e. The lowest BCUT2D eigenvalue weighted by molar-refractivity contribution is 0.0240. The van der Waals surface area contributed by atoms with E-state index in [0.717, 1.165) is 42.4 Å². The molecule has 0 atom stereocenters. The Morgan fingerprint density at radius 1 is 1.08 bits per heavy atom. The second kappa shape index (κ2) is 9.53. The van der Waals surface area contributed by atoms with Crippen LogP contribution in [0.15, 0.2) is 42.6 Å². The molecule has 1 saturated heterocycles. The summed E-state index contributed by atoms with van der Waals surface area (Å²) in [6.07, 6.45) is 3.74. The number of halogens is 1. The van der Waals surface area contributed by atoms with Gasteiger partial charge in [0.1, 0.15) is 17.1 Å². The maximum absolute atomic E-state index is 13.3. The van der Waals surface area contributed by atoms with Crippen LogP contribution in [0.3, 0.4) is 0 Å². The van der Waals surface area contributed by atoms with Gasteiger partial charge in [-0.05, 0) is 80.8 Å². The number of rotatable bonds is 4. The molecule has 2 aliphatic rings. The lowest BCUT2D eigenvalue weighted by atomic mass is 9.98. The third-order valence-corrected chi connectivity index (χ3v) is 6.67. The zero-order valence-corrected chi connectivity index (χ0v) is 21.4. The van der Waals surface area contributed by atoms with Crippen molar-refractivity contribution in [2.75, 3.05) is 42.1 Å². The SMILES string of the molecule is CC(C)(C)OC(=O)N1CCN(c2ccc3cc(C(=O)Nc4ccc(F)cc4N)ncc3c2C2CC2)CC1. The molecule has 3 N–H and O–H groups in total. The summed E-state index contributed by atoms with van der Waals surface area (Å²) in [5.41, 5.74) is 8.49. The number of carbonyl (C=O) groups excluding carboxylic acids is 2. The van der Waals surface area contributed by atoms with Gasteiger partial charge in [0.25, 0.3) is 5.91 Å². The Hall–Kier alpha value is -3.88. The molecule has 1 aromatic heterocycles. The van der Waals surface area contributed by atoms with Crippen LogP contribution in [0, 0.1) is 5.82 Å². The maximum atomic E-state index is 13.3. The first-order valence-electron chi connectivity index (χ1n) is 12.6. The number of hydrogen-bond donors (Lipinski definition) is 2. The Labute approximate surface area is 215 Å². The smallest absolute Gasteiger partial charge is 0.410 e. The van der Waals surface area contributed by atoms with Crippen molar-refractivity contribution in [1.29, 1.82) is 0 Å². The summed E-state index contributed by atoms with van der Waals surface area (Å²) in [6.45, 7) is 8.26. The van der Waals surface area contributed by atoms with E-state index < -0.39 is 17.3 Å². The number of ether oxygens (including phenoxy) is 1. The van der Waals surface area contributed by atoms with Crippen molar-refractivity contribution in [3.05, 3.63) is 59.7 Å². The van der Waals surface area contributed by atoms with E-state index in [4.69, 9.17) is 10.5 Å². The largest absolute Gasteiger partial charge is 0.444 e. The molecule has 194 valence electrons. The third-order valence-electron chi connectivity index (χ3n) is 6.67. The number of anilines is 3. The molecule has 1 aliphatic heterocycles. The van der Waals surface area contributed by atoms with E-state index in [-0.39, 0.29) is 17.5 Å². The van der Waals surface area contributed by atoms with Crippen molar-refractivity contribution in [1.82, 2.24) is 9.88 Å². The first kappa shape index (κ1) is 24.8. The van der Waals surface area contributed by atoms with Crippen LogP contribution >= 0.6 is 0 Å². The van der Waals surface area contributed by atoms with E-state index in [1.54, 1.807) is 17.2 Å². The van der Waals surface area contributed by atoms with Crippen molar-refractivity contribution in [3.63, 3.8) is 0 Å². The highest BCUT2D eigenvalue weighted by Gasteiger charge is 2.32. The topological polar surface area (TPSA) is 101 Å². The van der Waals surface area contributed by atoms with Gasteiger partial charge in [-0.3, -0.25) is 9.78 Å². The van der Waals surface area contributed by atoms with Gasteiger partial charge in [0.2, 0.25) is 0 Å². The predicted molar refractivity (Wildman–Crippen MR) is 143 cm³/mol. The minimum atomic E-state index is -0.514. The van der Waals surface area contributed by atoms with E-state index in [0.29, 0.717) is 24.7 Å². The van der Waals surface area contributed by atoms with Gasteiger partial charge in [0.15, 0.2) is 0 Å². The fourth-order valence-electron chi connectivity index (χ4n) is 4.72. The lowest BCUT2D eigenvalue weighted by Crippen LogP contribution is -2.50. The van der Waals surface area contributed by atoms with E-state index in [2.05, 4.69) is 21.3 Å². The van der Waals surface area contributed by atoms with Crippen LogP contribution in [0.5, 0.6) is 0 Å². The van der Waals surface area contributed by atoms with E-state index >= 15 is 0 Å². The summed E-state index contributed by atoms with van der Waals surface area (Å²) in [4.78, 5) is 33.9. The minimum absolute atomic E-state index is 0.154. The van der Waals surface area contributed by atoms with Crippen molar-refractivity contribution >= 4 is 39.8 Å². The van der Waals surface area contributed by atoms with E-state index in [9.17, 15) is 14.0 Å². The average molecular weight is 506 g/mol. The number of fused-ring (bicyclic) bond motifs is 1. The molecule has 8 nitrogen and oxygen atoms in total. The molecule has 1 saturated carbocycles. The van der Waals surface area contributed by atoms with Crippen LogP contribution in [0.25, 0.3) is 10.8 Å². The predicted octanol–water partition coefficient (Wildman–Crippen LogP) is 5.14. The Morgan fingerprint density at radius 2 is 1.81 bits per heavy atom. The Bertz CT molecular complexity index is 1360. The molecule has 37 heavy (non-hydrogen) atoms. The molecular weight excluding hydrogens is 473 g/mol. The molecule has 0 bridgehead atoms. The highest BCUT2D eigenvalue weighted by atomic mass is 19.1. The zero-order chi connectivity index (χ0) is 26.3. The van der Waals surface area contributed by atoms with Gasteiger partial charge >= 0.3 is 6.09 Å². The number of benzene rings is 2. The lowest BCUT2D eigenvalue weighted by Gasteiger charge is -2.37. The van der Waals surface area contributed by atoms with E-state index in [1.165, 1.54) is 23.8 Å². The molecule has 2 heterocycles. The quantitative estimate of drug-likeness (QED) is 0.476. The number of carbonyl (C=O) groups is 2. The highest BCUT2D eigenvalue weighted by molar-refractivity contribution is 6.06. The number of nitrogens with one attached hydrogen (secondary N) is 1. The number of nitrogens with two attached hydrogens (primary N) is 1. The Balaban J connectivity index is 1.36. The van der Waals surface area contributed by atoms with E-state index in [1.807, 2.05) is 26.8 Å². The third kappa shape index (κ3) is 5.45. The van der Waals surface area contributed by atoms with Crippen LogP contribution in [0.4, 0.5) is 26.2 Å². The summed E-state index contributed by atoms with van der Waals surface area (Å²) in [7, 11) is 0. The summed E-state index contributed by atoms with van der Waals surface area (Å²) in [5, 5.41) is 4.68. The molecule has 5 rings (SSSR count). The molecule has 0 unspecified atom stereocenters. The number of nitrogen functional groups attached to an aromatic ring is 1. The van der Waals surface area contributed by atoms with Crippen LogP contribution in [-0.4, -0.2) is 53.7 Å².